The van der Waals surface area contributed by atoms with Crippen LogP contribution in [0.3, 0.4) is 0 Å². The molecule has 0 unspecified atom stereocenters. The molecule has 0 spiro atoms. The van der Waals surface area contributed by atoms with E-state index in [4.69, 9.17) is 0 Å². The van der Waals surface area contributed by atoms with E-state index in [9.17, 15) is 9.90 Å². The number of thiazole rings is 1. The molecule has 0 saturated carbocycles. The number of aliphatic hydroxyl groups is 1. The Morgan fingerprint density at radius 3 is 2.83 bits per heavy atom. The molecule has 1 fully saturated rings. The molecule has 1 amide bonds. The van der Waals surface area contributed by atoms with Gasteiger partial charge >= 0.3 is 0 Å². The lowest BCUT2D eigenvalue weighted by molar-refractivity contribution is 0.0684. The van der Waals surface area contributed by atoms with Crippen LogP contribution in [0.25, 0.3) is 0 Å². The number of carbonyl (C=O) groups is 1. The van der Waals surface area contributed by atoms with Gasteiger partial charge in [0.15, 0.2) is 0 Å². The van der Waals surface area contributed by atoms with Crippen molar-refractivity contribution in [1.29, 1.82) is 0 Å². The molecule has 1 N–H and O–H groups in total. The molecule has 0 aliphatic carbocycles. The average molecular weight is 349 g/mol. The highest BCUT2D eigenvalue weighted by molar-refractivity contribution is 7.09. The lowest BCUT2D eigenvalue weighted by atomic mass is 10.0. The maximum Gasteiger partial charge on any atom is 0.273 e. The third-order valence-electron chi connectivity index (χ3n) is 4.32. The van der Waals surface area contributed by atoms with Crippen molar-refractivity contribution in [2.75, 3.05) is 13.1 Å². The second kappa shape index (κ2) is 7.40. The van der Waals surface area contributed by atoms with Crippen molar-refractivity contribution in [3.05, 3.63) is 28.0 Å². The number of piperidine rings is 1. The van der Waals surface area contributed by atoms with Gasteiger partial charge in [0, 0.05) is 18.5 Å². The van der Waals surface area contributed by atoms with Crippen LogP contribution in [-0.2, 0) is 6.42 Å². The summed E-state index contributed by atoms with van der Waals surface area (Å²) in [6.45, 7) is 5.17. The van der Waals surface area contributed by atoms with E-state index in [0.29, 0.717) is 24.5 Å². The average Bonchev–Trinajstić information content (AvgIpc) is 3.24. The van der Waals surface area contributed by atoms with E-state index in [0.717, 1.165) is 30.7 Å². The Morgan fingerprint density at radius 1 is 1.46 bits per heavy atom. The molecule has 1 aliphatic rings. The molecule has 2 aromatic heterocycles. The number of amides is 1. The summed E-state index contributed by atoms with van der Waals surface area (Å²) in [6.07, 6.45) is 4.82. The summed E-state index contributed by atoms with van der Waals surface area (Å²) in [4.78, 5) is 18.9. The third kappa shape index (κ3) is 3.64. The smallest absolute Gasteiger partial charge is 0.273 e. The zero-order chi connectivity index (χ0) is 17.1. The number of rotatable bonds is 5. The molecule has 130 valence electrons. The molecule has 24 heavy (non-hydrogen) atoms. The molecule has 2 aromatic rings. The molecule has 0 radical (unpaired) electrons. The first kappa shape index (κ1) is 17.0. The van der Waals surface area contributed by atoms with E-state index in [2.05, 4.69) is 22.2 Å². The van der Waals surface area contributed by atoms with Gasteiger partial charge in [0.25, 0.3) is 5.91 Å². The molecule has 1 saturated heterocycles. The van der Waals surface area contributed by atoms with E-state index in [1.165, 1.54) is 0 Å². The van der Waals surface area contributed by atoms with Crippen molar-refractivity contribution in [3.8, 4) is 0 Å². The van der Waals surface area contributed by atoms with Crippen molar-refractivity contribution in [2.24, 2.45) is 0 Å². The zero-order valence-corrected chi connectivity index (χ0v) is 14.9. The SMILES string of the molecule is CCCc1nc(C(=O)N2CCC(n3cc([C@@H](C)O)nn3)CC2)cs1. The standard InChI is InChI=1S/C16H23N5O2S/c1-3-4-15-17-14(10-24-15)16(23)20-7-5-12(6-8-20)21-9-13(11(2)22)18-19-21/h9-12,22H,3-8H2,1-2H3/t11-/m1/s1. The lowest BCUT2D eigenvalue weighted by Gasteiger charge is -2.31. The van der Waals surface area contributed by atoms with E-state index < -0.39 is 6.10 Å². The summed E-state index contributed by atoms with van der Waals surface area (Å²) < 4.78 is 1.81. The van der Waals surface area contributed by atoms with Crippen LogP contribution < -0.4 is 0 Å². The molecular weight excluding hydrogens is 326 g/mol. The number of hydrogen-bond acceptors (Lipinski definition) is 6. The summed E-state index contributed by atoms with van der Waals surface area (Å²) in [5, 5.41) is 20.5. The van der Waals surface area contributed by atoms with Crippen molar-refractivity contribution < 1.29 is 9.90 Å². The van der Waals surface area contributed by atoms with E-state index >= 15 is 0 Å². The predicted octanol–water partition coefficient (Wildman–Crippen LogP) is 2.22. The largest absolute Gasteiger partial charge is 0.387 e. The van der Waals surface area contributed by atoms with Gasteiger partial charge in [-0.05, 0) is 32.6 Å². The van der Waals surface area contributed by atoms with Crippen LogP contribution in [0.15, 0.2) is 11.6 Å². The lowest BCUT2D eigenvalue weighted by Crippen LogP contribution is -2.39. The Balaban J connectivity index is 1.58. The molecular formula is C16H23N5O2S. The van der Waals surface area contributed by atoms with Gasteiger partial charge in [-0.1, -0.05) is 12.1 Å². The number of likely N-dealkylation sites (tertiary alicyclic amines) is 1. The molecule has 8 heteroatoms. The summed E-state index contributed by atoms with van der Waals surface area (Å²) >= 11 is 1.56. The monoisotopic (exact) mass is 349 g/mol. The van der Waals surface area contributed by atoms with Crippen LogP contribution in [0.5, 0.6) is 0 Å². The highest BCUT2D eigenvalue weighted by Crippen LogP contribution is 2.24. The number of aryl methyl sites for hydroxylation is 1. The second-order valence-corrected chi connectivity index (χ2v) is 7.14. The first-order valence-corrected chi connectivity index (χ1v) is 9.30. The van der Waals surface area contributed by atoms with E-state index in [1.54, 1.807) is 24.5 Å². The van der Waals surface area contributed by atoms with Gasteiger partial charge in [-0.25, -0.2) is 9.67 Å². The van der Waals surface area contributed by atoms with Crippen LogP contribution in [0.1, 0.15) is 66.4 Å². The van der Waals surface area contributed by atoms with Crippen molar-refractivity contribution >= 4 is 17.2 Å². The summed E-state index contributed by atoms with van der Waals surface area (Å²) in [7, 11) is 0. The van der Waals surface area contributed by atoms with Crippen molar-refractivity contribution in [2.45, 2.75) is 51.7 Å². The Bertz CT molecular complexity index is 688. The number of aliphatic hydroxyl groups excluding tert-OH is 1. The predicted molar refractivity (Wildman–Crippen MR) is 90.9 cm³/mol. The van der Waals surface area contributed by atoms with Crippen LogP contribution in [0.2, 0.25) is 0 Å². The van der Waals surface area contributed by atoms with Crippen LogP contribution in [0.4, 0.5) is 0 Å². The Hall–Kier alpha value is -1.80. The normalized spacial score (nSPS) is 17.2. The maximum atomic E-state index is 12.6. The molecule has 0 aromatic carbocycles. The van der Waals surface area contributed by atoms with Crippen LogP contribution >= 0.6 is 11.3 Å². The molecule has 3 rings (SSSR count). The van der Waals surface area contributed by atoms with Gasteiger partial charge in [-0.3, -0.25) is 4.79 Å². The van der Waals surface area contributed by atoms with Crippen LogP contribution in [-0.4, -0.2) is 49.0 Å². The summed E-state index contributed by atoms with van der Waals surface area (Å²) in [5.41, 5.74) is 1.15. The Kier molecular flexibility index (Phi) is 5.25. The number of aromatic nitrogens is 4. The van der Waals surface area contributed by atoms with Gasteiger partial charge in [-0.15, -0.1) is 16.4 Å². The summed E-state index contributed by atoms with van der Waals surface area (Å²) in [6, 6.07) is 0.222. The Labute approximate surface area is 145 Å². The van der Waals surface area contributed by atoms with Crippen LogP contribution in [0, 0.1) is 0 Å². The van der Waals surface area contributed by atoms with Gasteiger partial charge in [0.05, 0.1) is 23.4 Å². The Morgan fingerprint density at radius 2 is 2.21 bits per heavy atom. The highest BCUT2D eigenvalue weighted by atomic mass is 32.1. The van der Waals surface area contributed by atoms with Gasteiger partial charge in [0.1, 0.15) is 11.4 Å². The quantitative estimate of drug-likeness (QED) is 0.895. The maximum absolute atomic E-state index is 12.6. The number of carbonyl (C=O) groups excluding carboxylic acids is 1. The minimum atomic E-state index is -0.609. The molecule has 0 bridgehead atoms. The first-order valence-electron chi connectivity index (χ1n) is 8.42. The molecule has 1 atom stereocenters. The number of hydrogen-bond donors (Lipinski definition) is 1. The minimum Gasteiger partial charge on any atom is -0.387 e. The fourth-order valence-electron chi connectivity index (χ4n) is 2.89. The van der Waals surface area contributed by atoms with Gasteiger partial charge < -0.3 is 10.0 Å². The highest BCUT2D eigenvalue weighted by Gasteiger charge is 2.26. The van der Waals surface area contributed by atoms with Gasteiger partial charge in [0.2, 0.25) is 0 Å². The summed E-state index contributed by atoms with van der Waals surface area (Å²) in [5.74, 6) is 0.0234. The van der Waals surface area contributed by atoms with Gasteiger partial charge in [-0.2, -0.15) is 0 Å². The molecule has 3 heterocycles. The van der Waals surface area contributed by atoms with Crippen molar-refractivity contribution in [1.82, 2.24) is 24.9 Å². The van der Waals surface area contributed by atoms with Crippen molar-refractivity contribution in [3.63, 3.8) is 0 Å². The van der Waals surface area contributed by atoms with E-state index in [1.807, 2.05) is 15.0 Å². The van der Waals surface area contributed by atoms with E-state index in [-0.39, 0.29) is 11.9 Å². The topological polar surface area (TPSA) is 84.1 Å². The number of nitrogens with zero attached hydrogens (tertiary/aromatic N) is 5. The fourth-order valence-corrected chi connectivity index (χ4v) is 3.77. The second-order valence-electron chi connectivity index (χ2n) is 6.20. The fraction of sp³-hybridized carbons (Fsp3) is 0.625. The minimum absolute atomic E-state index is 0.0234. The zero-order valence-electron chi connectivity index (χ0n) is 14.1. The first-order chi connectivity index (χ1) is 11.6. The third-order valence-corrected chi connectivity index (χ3v) is 5.23. The molecule has 1 aliphatic heterocycles. The molecule has 7 nitrogen and oxygen atoms in total.